The number of aromatic amines is 1. The number of nitrogens with zero attached hydrogens (tertiary/aromatic N) is 3. The van der Waals surface area contributed by atoms with Crippen molar-refractivity contribution in [1.29, 1.82) is 0 Å². The van der Waals surface area contributed by atoms with Crippen LogP contribution in [-0.2, 0) is 0 Å². The normalized spacial score (nSPS) is 15.5. The number of hydrogen-bond acceptors (Lipinski definition) is 5. The second-order valence-corrected chi connectivity index (χ2v) is 7.61. The van der Waals surface area contributed by atoms with Crippen LogP contribution in [0.3, 0.4) is 0 Å². The molecule has 3 heterocycles. The van der Waals surface area contributed by atoms with Crippen molar-refractivity contribution in [2.24, 2.45) is 0 Å². The van der Waals surface area contributed by atoms with Gasteiger partial charge in [0.1, 0.15) is 19.0 Å². The zero-order valence-electron chi connectivity index (χ0n) is 17.2. The van der Waals surface area contributed by atoms with Crippen LogP contribution in [0.2, 0.25) is 0 Å². The third-order valence-electron chi connectivity index (χ3n) is 5.65. The molecule has 164 valence electrons. The number of H-pyrrole nitrogens is 1. The Bertz CT molecular complexity index is 1150. The van der Waals surface area contributed by atoms with Gasteiger partial charge in [0, 0.05) is 37.3 Å². The minimum atomic E-state index is -0.383. The van der Waals surface area contributed by atoms with E-state index in [1.54, 1.807) is 9.80 Å². The molecule has 3 aromatic rings. The van der Waals surface area contributed by atoms with Crippen LogP contribution < -0.4 is 9.47 Å². The van der Waals surface area contributed by atoms with Gasteiger partial charge in [0.25, 0.3) is 11.8 Å². The molecule has 1 fully saturated rings. The number of piperazine rings is 1. The summed E-state index contributed by atoms with van der Waals surface area (Å²) in [5, 5.41) is 6.99. The maximum atomic E-state index is 13.2. The van der Waals surface area contributed by atoms with E-state index in [-0.39, 0.29) is 17.6 Å². The summed E-state index contributed by atoms with van der Waals surface area (Å²) in [5.41, 5.74) is 2.28. The fraction of sp³-hybridized carbons (Fsp3) is 0.261. The average molecular weight is 436 g/mol. The van der Waals surface area contributed by atoms with E-state index < -0.39 is 0 Å². The molecule has 0 unspecified atom stereocenters. The van der Waals surface area contributed by atoms with Crippen LogP contribution in [0.25, 0.3) is 11.3 Å². The summed E-state index contributed by atoms with van der Waals surface area (Å²) in [5.74, 6) is 0.602. The standard InChI is InChI=1S/C23H21FN4O4/c24-17-4-1-15(2-5-17)22(29)27-7-9-28(10-8-27)23(30)18-14-25-26-21(18)16-3-6-19-20(13-16)32-12-11-31-19/h1-6,13-14H,7-12H2,(H,25,26). The summed E-state index contributed by atoms with van der Waals surface area (Å²) in [6.45, 7) is 2.59. The smallest absolute Gasteiger partial charge is 0.257 e. The molecular formula is C23H21FN4O4. The van der Waals surface area contributed by atoms with Gasteiger partial charge in [-0.15, -0.1) is 0 Å². The first-order valence-corrected chi connectivity index (χ1v) is 10.4. The van der Waals surface area contributed by atoms with Gasteiger partial charge >= 0.3 is 0 Å². The van der Waals surface area contributed by atoms with Crippen LogP contribution in [0.1, 0.15) is 20.7 Å². The molecule has 0 atom stereocenters. The molecule has 1 aromatic heterocycles. The van der Waals surface area contributed by atoms with Crippen molar-refractivity contribution in [3.8, 4) is 22.8 Å². The van der Waals surface area contributed by atoms with Crippen molar-refractivity contribution < 1.29 is 23.5 Å². The summed E-state index contributed by atoms with van der Waals surface area (Å²) >= 11 is 0. The lowest BCUT2D eigenvalue weighted by Crippen LogP contribution is -2.50. The molecule has 2 aromatic carbocycles. The lowest BCUT2D eigenvalue weighted by molar-refractivity contribution is 0.0536. The summed E-state index contributed by atoms with van der Waals surface area (Å²) in [4.78, 5) is 29.2. The van der Waals surface area contributed by atoms with E-state index in [2.05, 4.69) is 10.2 Å². The molecule has 32 heavy (non-hydrogen) atoms. The van der Waals surface area contributed by atoms with Gasteiger partial charge in [0.05, 0.1) is 17.5 Å². The van der Waals surface area contributed by atoms with Gasteiger partial charge in [-0.25, -0.2) is 4.39 Å². The van der Waals surface area contributed by atoms with Gasteiger partial charge in [-0.2, -0.15) is 5.10 Å². The minimum absolute atomic E-state index is 0.155. The van der Waals surface area contributed by atoms with Crippen molar-refractivity contribution in [3.05, 3.63) is 65.6 Å². The van der Waals surface area contributed by atoms with Crippen LogP contribution >= 0.6 is 0 Å². The fourth-order valence-corrected chi connectivity index (χ4v) is 3.93. The van der Waals surface area contributed by atoms with Gasteiger partial charge in [-0.05, 0) is 42.5 Å². The molecule has 0 spiro atoms. The molecule has 2 amide bonds. The zero-order valence-corrected chi connectivity index (χ0v) is 17.2. The van der Waals surface area contributed by atoms with Crippen molar-refractivity contribution >= 4 is 11.8 Å². The van der Waals surface area contributed by atoms with E-state index in [9.17, 15) is 14.0 Å². The highest BCUT2D eigenvalue weighted by atomic mass is 19.1. The predicted octanol–water partition coefficient (Wildman–Crippen LogP) is 2.59. The van der Waals surface area contributed by atoms with E-state index in [1.807, 2.05) is 18.2 Å². The number of benzene rings is 2. The second-order valence-electron chi connectivity index (χ2n) is 7.61. The first-order valence-electron chi connectivity index (χ1n) is 10.4. The number of carbonyl (C=O) groups is 2. The largest absolute Gasteiger partial charge is 0.486 e. The molecule has 5 rings (SSSR count). The van der Waals surface area contributed by atoms with Gasteiger partial charge in [0.15, 0.2) is 11.5 Å². The topological polar surface area (TPSA) is 87.8 Å². The van der Waals surface area contributed by atoms with Crippen LogP contribution in [0.5, 0.6) is 11.5 Å². The first kappa shape index (κ1) is 20.0. The van der Waals surface area contributed by atoms with Crippen LogP contribution in [0.15, 0.2) is 48.7 Å². The Morgan fingerprint density at radius 1 is 0.875 bits per heavy atom. The molecule has 8 nitrogen and oxygen atoms in total. The van der Waals surface area contributed by atoms with E-state index in [0.717, 1.165) is 5.56 Å². The van der Waals surface area contributed by atoms with E-state index in [4.69, 9.17) is 9.47 Å². The fourth-order valence-electron chi connectivity index (χ4n) is 3.93. The van der Waals surface area contributed by atoms with Crippen LogP contribution in [-0.4, -0.2) is 71.2 Å². The third-order valence-corrected chi connectivity index (χ3v) is 5.65. The summed E-state index contributed by atoms with van der Waals surface area (Å²) < 4.78 is 24.3. The molecule has 2 aliphatic rings. The Balaban J connectivity index is 1.28. The number of amides is 2. The SMILES string of the molecule is O=C(c1ccc(F)cc1)N1CCN(C(=O)c2cn[nH]c2-c2ccc3c(c2)OCCO3)CC1. The van der Waals surface area contributed by atoms with Crippen molar-refractivity contribution in [1.82, 2.24) is 20.0 Å². The molecule has 0 radical (unpaired) electrons. The lowest BCUT2D eigenvalue weighted by atomic mass is 10.1. The van der Waals surface area contributed by atoms with Gasteiger partial charge in [-0.1, -0.05) is 0 Å². The second kappa shape index (κ2) is 8.33. The summed E-state index contributed by atoms with van der Waals surface area (Å²) in [6, 6.07) is 11.0. The van der Waals surface area contributed by atoms with Crippen molar-refractivity contribution in [3.63, 3.8) is 0 Å². The Morgan fingerprint density at radius 2 is 1.53 bits per heavy atom. The molecule has 0 saturated carbocycles. The number of halogens is 1. The zero-order chi connectivity index (χ0) is 22.1. The van der Waals surface area contributed by atoms with Gasteiger partial charge in [-0.3, -0.25) is 14.7 Å². The van der Waals surface area contributed by atoms with Crippen LogP contribution in [0.4, 0.5) is 4.39 Å². The Hall–Kier alpha value is -3.88. The van der Waals surface area contributed by atoms with Crippen LogP contribution in [0, 0.1) is 5.82 Å². The minimum Gasteiger partial charge on any atom is -0.486 e. The average Bonchev–Trinajstić information content (AvgIpc) is 3.33. The Labute approximate surface area is 183 Å². The molecule has 9 heteroatoms. The molecule has 0 bridgehead atoms. The van der Waals surface area contributed by atoms with E-state index in [0.29, 0.717) is 67.7 Å². The maximum absolute atomic E-state index is 13.2. The van der Waals surface area contributed by atoms with E-state index in [1.165, 1.54) is 30.5 Å². The quantitative estimate of drug-likeness (QED) is 0.682. The molecule has 0 aliphatic carbocycles. The number of fused-ring (bicyclic) bond motifs is 1. The lowest BCUT2D eigenvalue weighted by Gasteiger charge is -2.34. The highest BCUT2D eigenvalue weighted by Gasteiger charge is 2.28. The number of rotatable bonds is 3. The first-order chi connectivity index (χ1) is 15.6. The number of carbonyl (C=O) groups excluding carboxylic acids is 2. The van der Waals surface area contributed by atoms with Gasteiger partial charge < -0.3 is 19.3 Å². The predicted molar refractivity (Wildman–Crippen MR) is 113 cm³/mol. The van der Waals surface area contributed by atoms with Crippen molar-refractivity contribution in [2.75, 3.05) is 39.4 Å². The monoisotopic (exact) mass is 436 g/mol. The Morgan fingerprint density at radius 3 is 2.25 bits per heavy atom. The molecule has 1 N–H and O–H groups in total. The third kappa shape index (κ3) is 3.77. The van der Waals surface area contributed by atoms with E-state index >= 15 is 0 Å². The number of nitrogens with one attached hydrogen (secondary N) is 1. The maximum Gasteiger partial charge on any atom is 0.257 e. The number of ether oxygens (including phenoxy) is 2. The molecule has 2 aliphatic heterocycles. The van der Waals surface area contributed by atoms with Crippen molar-refractivity contribution in [2.45, 2.75) is 0 Å². The molecular weight excluding hydrogens is 415 g/mol. The summed E-state index contributed by atoms with van der Waals surface area (Å²) in [6.07, 6.45) is 1.52. The number of aromatic nitrogens is 2. The highest BCUT2D eigenvalue weighted by Crippen LogP contribution is 2.35. The van der Waals surface area contributed by atoms with Gasteiger partial charge in [0.2, 0.25) is 0 Å². The highest BCUT2D eigenvalue weighted by molar-refractivity contribution is 6.00. The Kier molecular flexibility index (Phi) is 5.22. The molecule has 1 saturated heterocycles. The summed E-state index contributed by atoms with van der Waals surface area (Å²) in [7, 11) is 0. The number of hydrogen-bond donors (Lipinski definition) is 1.